The number of nitrogens with one attached hydrogen (secondary N) is 1. The zero-order valence-corrected chi connectivity index (χ0v) is 24.3. The van der Waals surface area contributed by atoms with Crippen LogP contribution in [0, 0.1) is 6.92 Å². The molecule has 13 heteroatoms. The maximum Gasteiger partial charge on any atom is 0.257 e. The van der Waals surface area contributed by atoms with Gasteiger partial charge in [-0.15, -0.1) is 21.5 Å². The summed E-state index contributed by atoms with van der Waals surface area (Å²) in [6.45, 7) is 5.75. The zero-order valence-electron chi connectivity index (χ0n) is 23.5. The van der Waals surface area contributed by atoms with Crippen LogP contribution >= 0.6 is 11.3 Å². The predicted molar refractivity (Wildman–Crippen MR) is 154 cm³/mol. The summed E-state index contributed by atoms with van der Waals surface area (Å²) >= 11 is 1.32. The highest BCUT2D eigenvalue weighted by Crippen LogP contribution is 2.30. The summed E-state index contributed by atoms with van der Waals surface area (Å²) in [5, 5.41) is 13.1. The molecule has 1 fully saturated rings. The molecule has 1 saturated heterocycles. The number of carbonyl (C=O) groups excluding carboxylic acids is 2. The Bertz CT molecular complexity index is 1520. The van der Waals surface area contributed by atoms with Gasteiger partial charge in [0.1, 0.15) is 30.0 Å². The van der Waals surface area contributed by atoms with E-state index in [-0.39, 0.29) is 24.5 Å². The number of thiazole rings is 1. The van der Waals surface area contributed by atoms with E-state index in [0.29, 0.717) is 72.4 Å². The molecule has 42 heavy (non-hydrogen) atoms. The molecule has 1 aliphatic heterocycles. The van der Waals surface area contributed by atoms with E-state index in [9.17, 15) is 9.59 Å². The second-order valence-electron chi connectivity index (χ2n) is 9.61. The fourth-order valence-corrected chi connectivity index (χ4v) is 4.97. The first-order valence-corrected chi connectivity index (χ1v) is 14.2. The number of carbonyl (C=O) groups is 2. The van der Waals surface area contributed by atoms with Crippen molar-refractivity contribution in [3.63, 3.8) is 0 Å². The lowest BCUT2D eigenvalue weighted by Crippen LogP contribution is -2.42. The number of anilines is 1. The first-order valence-electron chi connectivity index (χ1n) is 13.4. The molecule has 0 saturated carbocycles. The molecule has 2 aromatic carbocycles. The molecule has 3 heterocycles. The summed E-state index contributed by atoms with van der Waals surface area (Å²) in [4.78, 5) is 31.5. The lowest BCUT2D eigenvalue weighted by atomic mass is 10.1. The summed E-state index contributed by atoms with van der Waals surface area (Å²) in [5.41, 5.74) is 1.89. The van der Waals surface area contributed by atoms with Gasteiger partial charge in [0.05, 0.1) is 18.9 Å². The van der Waals surface area contributed by atoms with E-state index in [1.807, 2.05) is 24.4 Å². The van der Waals surface area contributed by atoms with E-state index < -0.39 is 0 Å². The summed E-state index contributed by atoms with van der Waals surface area (Å²) < 4.78 is 27.9. The lowest BCUT2D eigenvalue weighted by Gasteiger charge is -2.26. The zero-order chi connectivity index (χ0) is 29.5. The molecule has 12 nitrogen and oxygen atoms in total. The molecule has 0 radical (unpaired) electrons. The molecule has 1 aliphatic rings. The Kier molecular flexibility index (Phi) is 9.41. The SMILES string of the molecule is COCC(C)Oc1cc(Oc2ccc(-c3nnc(C)o3)cc2)cc(C(=O)Nc2nc(CCN3CCOCC3=O)cs2)c1. The molecule has 0 aliphatic carbocycles. The number of aromatic nitrogens is 3. The van der Waals surface area contributed by atoms with Crippen molar-refractivity contribution >= 4 is 28.3 Å². The molecule has 2 aromatic heterocycles. The Labute approximate surface area is 246 Å². The van der Waals surface area contributed by atoms with Crippen LogP contribution in [0.5, 0.6) is 17.2 Å². The molecule has 220 valence electrons. The van der Waals surface area contributed by atoms with Crippen LogP contribution in [0.25, 0.3) is 11.5 Å². The predicted octanol–water partition coefficient (Wildman–Crippen LogP) is 4.36. The van der Waals surface area contributed by atoms with E-state index in [4.69, 9.17) is 23.4 Å². The molecular formula is C29H31N5O7S. The number of morpholine rings is 1. The molecule has 1 atom stereocenters. The largest absolute Gasteiger partial charge is 0.488 e. The smallest absolute Gasteiger partial charge is 0.257 e. The highest BCUT2D eigenvalue weighted by atomic mass is 32.1. The number of ether oxygens (including phenoxy) is 4. The topological polar surface area (TPSA) is 138 Å². The number of aryl methyl sites for hydroxylation is 1. The lowest BCUT2D eigenvalue weighted by molar-refractivity contribution is -0.142. The fraction of sp³-hybridized carbons (Fsp3) is 0.345. The number of hydrogen-bond donors (Lipinski definition) is 1. The van der Waals surface area contributed by atoms with Crippen molar-refractivity contribution in [2.75, 3.05) is 45.3 Å². The van der Waals surface area contributed by atoms with Crippen LogP contribution in [-0.4, -0.2) is 78.0 Å². The highest BCUT2D eigenvalue weighted by Gasteiger charge is 2.19. The van der Waals surface area contributed by atoms with Crippen molar-refractivity contribution < 1.29 is 33.0 Å². The standard InChI is InChI=1S/C29H31N5O7S/c1-18(15-37-3)39-24-12-21(13-25(14-24)41-23-6-4-20(5-7-23)28-33-32-19(2)40-28)27(36)31-29-30-22(17-42-29)8-9-34-10-11-38-16-26(34)35/h4-7,12-14,17-18H,8-11,15-16H2,1-3H3,(H,30,31,36). The molecular weight excluding hydrogens is 562 g/mol. The van der Waals surface area contributed by atoms with Crippen molar-refractivity contribution in [1.82, 2.24) is 20.1 Å². The number of benzene rings is 2. The summed E-state index contributed by atoms with van der Waals surface area (Å²) in [5.74, 6) is 1.93. The van der Waals surface area contributed by atoms with Gasteiger partial charge < -0.3 is 28.3 Å². The van der Waals surface area contributed by atoms with Crippen LogP contribution in [0.15, 0.2) is 52.3 Å². The van der Waals surface area contributed by atoms with Gasteiger partial charge in [-0.1, -0.05) is 0 Å². The normalized spacial score (nSPS) is 14.1. The Morgan fingerprint density at radius 1 is 1.14 bits per heavy atom. The Hall–Kier alpha value is -4.33. The molecule has 2 amide bonds. The molecule has 1 N–H and O–H groups in total. The van der Waals surface area contributed by atoms with E-state index >= 15 is 0 Å². The average molecular weight is 594 g/mol. The Morgan fingerprint density at radius 3 is 2.69 bits per heavy atom. The van der Waals surface area contributed by atoms with Gasteiger partial charge in [0.15, 0.2) is 5.13 Å². The number of rotatable bonds is 12. The van der Waals surface area contributed by atoms with Crippen molar-refractivity contribution in [2.45, 2.75) is 26.4 Å². The number of nitrogens with zero attached hydrogens (tertiary/aromatic N) is 4. The van der Waals surface area contributed by atoms with Crippen LogP contribution in [0.2, 0.25) is 0 Å². The second-order valence-corrected chi connectivity index (χ2v) is 10.5. The van der Waals surface area contributed by atoms with Crippen molar-refractivity contribution in [1.29, 1.82) is 0 Å². The summed E-state index contributed by atoms with van der Waals surface area (Å²) in [6.07, 6.45) is 0.333. The minimum absolute atomic E-state index is 0.0252. The first-order chi connectivity index (χ1) is 20.4. The van der Waals surface area contributed by atoms with Crippen LogP contribution in [0.3, 0.4) is 0 Å². The van der Waals surface area contributed by atoms with E-state index in [1.165, 1.54) is 11.3 Å². The average Bonchev–Trinajstić information content (AvgIpc) is 3.61. The summed E-state index contributed by atoms with van der Waals surface area (Å²) in [6, 6.07) is 12.2. The van der Waals surface area contributed by atoms with Gasteiger partial charge in [-0.3, -0.25) is 14.9 Å². The quantitative estimate of drug-likeness (QED) is 0.252. The van der Waals surface area contributed by atoms with Gasteiger partial charge in [-0.25, -0.2) is 4.98 Å². The summed E-state index contributed by atoms with van der Waals surface area (Å²) in [7, 11) is 1.60. The highest BCUT2D eigenvalue weighted by molar-refractivity contribution is 7.14. The third-order valence-corrected chi connectivity index (χ3v) is 7.04. The molecule has 0 spiro atoms. The van der Waals surface area contributed by atoms with Crippen molar-refractivity contribution in [3.8, 4) is 28.7 Å². The van der Waals surface area contributed by atoms with Gasteiger partial charge in [0.2, 0.25) is 17.7 Å². The molecule has 1 unspecified atom stereocenters. The van der Waals surface area contributed by atoms with E-state index in [2.05, 4.69) is 20.5 Å². The van der Waals surface area contributed by atoms with Gasteiger partial charge in [-0.2, -0.15) is 0 Å². The van der Waals surface area contributed by atoms with Crippen LogP contribution in [0.1, 0.15) is 28.9 Å². The minimum atomic E-state index is -0.365. The second kappa shape index (κ2) is 13.6. The van der Waals surface area contributed by atoms with Crippen LogP contribution < -0.4 is 14.8 Å². The van der Waals surface area contributed by atoms with Crippen LogP contribution in [-0.2, 0) is 20.7 Å². The third-order valence-electron chi connectivity index (χ3n) is 6.24. The van der Waals surface area contributed by atoms with Crippen molar-refractivity contribution in [3.05, 3.63) is 65.0 Å². The van der Waals surface area contributed by atoms with Gasteiger partial charge in [-0.05, 0) is 43.3 Å². The molecule has 5 rings (SSSR count). The molecule has 0 bridgehead atoms. The van der Waals surface area contributed by atoms with Gasteiger partial charge >= 0.3 is 0 Å². The minimum Gasteiger partial charge on any atom is -0.488 e. The third kappa shape index (κ3) is 7.69. The number of hydrogen-bond acceptors (Lipinski definition) is 11. The number of amides is 2. The fourth-order valence-electron chi connectivity index (χ4n) is 4.23. The monoisotopic (exact) mass is 593 g/mol. The van der Waals surface area contributed by atoms with Gasteiger partial charge in [0.25, 0.3) is 5.91 Å². The maximum absolute atomic E-state index is 13.3. The van der Waals surface area contributed by atoms with E-state index in [0.717, 1.165) is 11.3 Å². The Morgan fingerprint density at radius 2 is 1.95 bits per heavy atom. The van der Waals surface area contributed by atoms with Crippen LogP contribution in [0.4, 0.5) is 5.13 Å². The maximum atomic E-state index is 13.3. The molecule has 4 aromatic rings. The van der Waals surface area contributed by atoms with E-state index in [1.54, 1.807) is 49.3 Å². The van der Waals surface area contributed by atoms with Crippen molar-refractivity contribution in [2.24, 2.45) is 0 Å². The van der Waals surface area contributed by atoms with Gasteiger partial charge in [0, 0.05) is 56.1 Å². The first kappa shape index (κ1) is 29.2. The number of methoxy groups -OCH3 is 1. The Balaban J connectivity index is 1.28.